The number of anilines is 1. The first kappa shape index (κ1) is 16.2. The van der Waals surface area contributed by atoms with Gasteiger partial charge in [0.25, 0.3) is 0 Å². The minimum atomic E-state index is -0.356. The van der Waals surface area contributed by atoms with Gasteiger partial charge in [-0.05, 0) is 13.8 Å². The first-order valence-electron chi connectivity index (χ1n) is 7.00. The van der Waals surface area contributed by atoms with E-state index in [1.54, 1.807) is 18.4 Å². The molecular weight excluding hydrogens is 288 g/mol. The van der Waals surface area contributed by atoms with Crippen molar-refractivity contribution in [2.45, 2.75) is 25.9 Å². The average Bonchev–Trinajstić information content (AvgIpc) is 3.04. The summed E-state index contributed by atoms with van der Waals surface area (Å²) in [7, 11) is 3.67. The van der Waals surface area contributed by atoms with Crippen LogP contribution >= 0.6 is 11.3 Å². The fraction of sp³-hybridized carbons (Fsp3) is 0.643. The highest BCUT2D eigenvalue weighted by Crippen LogP contribution is 2.28. The van der Waals surface area contributed by atoms with Crippen molar-refractivity contribution in [3.05, 3.63) is 17.3 Å². The van der Waals surface area contributed by atoms with Gasteiger partial charge in [-0.1, -0.05) is 0 Å². The molecule has 0 aliphatic carbocycles. The summed E-state index contributed by atoms with van der Waals surface area (Å²) in [5.41, 5.74) is 0.747. The normalized spacial score (nSPS) is 12.2. The number of aliphatic hydroxyl groups is 1. The summed E-state index contributed by atoms with van der Waals surface area (Å²) in [6.07, 6.45) is 2.03. The largest absolute Gasteiger partial charge is 0.394 e. The second-order valence-electron chi connectivity index (χ2n) is 5.64. The predicted molar refractivity (Wildman–Crippen MR) is 86.2 cm³/mol. The van der Waals surface area contributed by atoms with E-state index in [9.17, 15) is 5.11 Å². The fourth-order valence-electron chi connectivity index (χ4n) is 2.03. The molecule has 21 heavy (non-hydrogen) atoms. The maximum atomic E-state index is 9.58. The highest BCUT2D eigenvalue weighted by molar-refractivity contribution is 7.15. The number of nitrogens with one attached hydrogen (secondary N) is 1. The number of imidazole rings is 1. The molecular formula is C14H24N4O2S. The van der Waals surface area contributed by atoms with E-state index in [2.05, 4.69) is 9.72 Å². The van der Waals surface area contributed by atoms with Crippen molar-refractivity contribution in [1.29, 1.82) is 0 Å². The zero-order valence-corrected chi connectivity index (χ0v) is 13.9. The van der Waals surface area contributed by atoms with Crippen molar-refractivity contribution >= 4 is 22.1 Å². The molecule has 0 amide bonds. The number of thiazole rings is 1. The summed E-state index contributed by atoms with van der Waals surface area (Å²) in [4.78, 5) is 7.72. The Labute approximate surface area is 129 Å². The zero-order chi connectivity index (χ0) is 15.5. The number of likely N-dealkylation sites (N-methyl/N-ethyl adjacent to an activating group) is 1. The molecule has 2 rings (SSSR count). The van der Waals surface area contributed by atoms with E-state index in [-0.39, 0.29) is 12.1 Å². The van der Waals surface area contributed by atoms with Crippen LogP contribution in [0.2, 0.25) is 0 Å². The molecule has 0 spiro atoms. The van der Waals surface area contributed by atoms with Crippen LogP contribution in [0.25, 0.3) is 4.96 Å². The van der Waals surface area contributed by atoms with Gasteiger partial charge in [-0.25, -0.2) is 4.98 Å². The van der Waals surface area contributed by atoms with Gasteiger partial charge in [0.05, 0.1) is 24.4 Å². The van der Waals surface area contributed by atoms with E-state index in [1.165, 1.54) is 0 Å². The van der Waals surface area contributed by atoms with Crippen molar-refractivity contribution in [2.24, 2.45) is 0 Å². The minimum Gasteiger partial charge on any atom is -0.394 e. The molecule has 0 saturated heterocycles. The number of rotatable bonds is 8. The highest BCUT2D eigenvalue weighted by Gasteiger charge is 2.27. The van der Waals surface area contributed by atoms with Gasteiger partial charge >= 0.3 is 0 Å². The number of ether oxygens (including phenoxy) is 1. The Kier molecular flexibility index (Phi) is 5.21. The molecule has 7 heteroatoms. The summed E-state index contributed by atoms with van der Waals surface area (Å²) in [6.45, 7) is 6.26. The van der Waals surface area contributed by atoms with Gasteiger partial charge in [-0.2, -0.15) is 0 Å². The van der Waals surface area contributed by atoms with Crippen LogP contribution in [-0.4, -0.2) is 53.9 Å². The molecule has 2 N–H and O–H groups in total. The third-order valence-electron chi connectivity index (χ3n) is 3.73. The Morgan fingerprint density at radius 3 is 2.95 bits per heavy atom. The van der Waals surface area contributed by atoms with E-state index in [1.807, 2.05) is 37.4 Å². The van der Waals surface area contributed by atoms with Crippen LogP contribution in [0, 0.1) is 0 Å². The monoisotopic (exact) mass is 312 g/mol. The molecule has 0 fully saturated rings. The number of methoxy groups -OCH3 is 1. The smallest absolute Gasteiger partial charge is 0.195 e. The summed E-state index contributed by atoms with van der Waals surface area (Å²) in [5.74, 6) is 0.908. The number of fused-ring (bicyclic) bond motifs is 1. The van der Waals surface area contributed by atoms with Crippen LogP contribution in [0.5, 0.6) is 0 Å². The average molecular weight is 312 g/mol. The van der Waals surface area contributed by atoms with Gasteiger partial charge < -0.3 is 20.1 Å². The van der Waals surface area contributed by atoms with Crippen molar-refractivity contribution in [2.75, 3.05) is 38.8 Å². The highest BCUT2D eigenvalue weighted by atomic mass is 32.1. The van der Waals surface area contributed by atoms with Crippen LogP contribution in [0.3, 0.4) is 0 Å². The second kappa shape index (κ2) is 6.74. The Morgan fingerprint density at radius 2 is 2.29 bits per heavy atom. The van der Waals surface area contributed by atoms with Crippen molar-refractivity contribution in [1.82, 2.24) is 14.7 Å². The van der Waals surface area contributed by atoms with E-state index >= 15 is 0 Å². The standard InChI is InChI=1S/C14H24N4O2S/c1-14(2,10-19)17(3)12-11(9-15-5-7-20-4)18-6-8-21-13(18)16-12/h6,8,15,19H,5,7,9-10H2,1-4H3. The zero-order valence-electron chi connectivity index (χ0n) is 13.1. The summed E-state index contributed by atoms with van der Waals surface area (Å²) < 4.78 is 7.16. The Morgan fingerprint density at radius 1 is 1.52 bits per heavy atom. The van der Waals surface area contributed by atoms with Crippen LogP contribution in [0.15, 0.2) is 11.6 Å². The lowest BCUT2D eigenvalue weighted by molar-refractivity contribution is 0.199. The quantitative estimate of drug-likeness (QED) is 0.720. The van der Waals surface area contributed by atoms with Gasteiger partial charge in [0.15, 0.2) is 10.8 Å². The van der Waals surface area contributed by atoms with Gasteiger partial charge in [-0.3, -0.25) is 4.40 Å². The molecule has 0 saturated carbocycles. The maximum Gasteiger partial charge on any atom is 0.195 e. The Hall–Kier alpha value is -1.15. The number of hydrogen-bond donors (Lipinski definition) is 2. The molecule has 0 aliphatic rings. The maximum absolute atomic E-state index is 9.58. The molecule has 0 unspecified atom stereocenters. The number of aromatic nitrogens is 2. The Balaban J connectivity index is 2.27. The lowest BCUT2D eigenvalue weighted by Gasteiger charge is -2.34. The molecule has 0 aliphatic heterocycles. The molecule has 2 heterocycles. The predicted octanol–water partition coefficient (Wildman–Crippen LogP) is 1.34. The van der Waals surface area contributed by atoms with Crippen LogP contribution in [0.4, 0.5) is 5.82 Å². The van der Waals surface area contributed by atoms with Crippen molar-refractivity contribution < 1.29 is 9.84 Å². The van der Waals surface area contributed by atoms with Gasteiger partial charge in [0.1, 0.15) is 0 Å². The summed E-state index contributed by atoms with van der Waals surface area (Å²) in [6, 6.07) is 0. The molecule has 6 nitrogen and oxygen atoms in total. The molecule has 0 atom stereocenters. The molecule has 118 valence electrons. The first-order valence-corrected chi connectivity index (χ1v) is 7.88. The minimum absolute atomic E-state index is 0.0746. The van der Waals surface area contributed by atoms with Crippen LogP contribution < -0.4 is 10.2 Å². The Bertz CT molecular complexity index is 579. The van der Waals surface area contributed by atoms with Crippen LogP contribution in [0.1, 0.15) is 19.5 Å². The van der Waals surface area contributed by atoms with Gasteiger partial charge in [-0.15, -0.1) is 11.3 Å². The first-order chi connectivity index (χ1) is 10.0. The SMILES string of the molecule is COCCNCc1c(N(C)C(C)(C)CO)nc2sccn12. The van der Waals surface area contributed by atoms with Gasteiger partial charge in [0.2, 0.25) is 0 Å². The summed E-state index contributed by atoms with van der Waals surface area (Å²) in [5, 5.41) is 15.0. The van der Waals surface area contributed by atoms with Crippen molar-refractivity contribution in [3.63, 3.8) is 0 Å². The third-order valence-corrected chi connectivity index (χ3v) is 4.48. The van der Waals surface area contributed by atoms with E-state index in [0.29, 0.717) is 13.2 Å². The van der Waals surface area contributed by atoms with E-state index in [4.69, 9.17) is 9.72 Å². The van der Waals surface area contributed by atoms with Crippen molar-refractivity contribution in [3.8, 4) is 0 Å². The second-order valence-corrected chi connectivity index (χ2v) is 6.51. The lowest BCUT2D eigenvalue weighted by Crippen LogP contribution is -2.45. The number of nitrogens with zero attached hydrogens (tertiary/aromatic N) is 3. The topological polar surface area (TPSA) is 62.0 Å². The molecule has 2 aromatic heterocycles. The third kappa shape index (κ3) is 3.37. The molecule has 0 bridgehead atoms. The fourth-order valence-corrected chi connectivity index (χ4v) is 2.76. The van der Waals surface area contributed by atoms with Crippen LogP contribution in [-0.2, 0) is 11.3 Å². The molecule has 0 radical (unpaired) electrons. The number of aliphatic hydroxyl groups excluding tert-OH is 1. The van der Waals surface area contributed by atoms with Gasteiger partial charge in [0, 0.05) is 38.8 Å². The lowest BCUT2D eigenvalue weighted by atomic mass is 10.1. The molecule has 0 aromatic carbocycles. The van der Waals surface area contributed by atoms with E-state index < -0.39 is 0 Å². The molecule has 2 aromatic rings. The van der Waals surface area contributed by atoms with E-state index in [0.717, 1.165) is 23.0 Å². The summed E-state index contributed by atoms with van der Waals surface area (Å²) >= 11 is 1.61. The number of hydrogen-bond acceptors (Lipinski definition) is 6.